The Hall–Kier alpha value is 0.540. The summed E-state index contributed by atoms with van der Waals surface area (Å²) in [5.41, 5.74) is 3.99. The maximum absolute atomic E-state index is 5.11. The second kappa shape index (κ2) is 10.0. The van der Waals surface area contributed by atoms with Crippen LogP contribution in [-0.2, 0) is 0 Å². The summed E-state index contributed by atoms with van der Waals surface area (Å²) < 4.78 is 10.7. The van der Waals surface area contributed by atoms with Gasteiger partial charge in [0.15, 0.2) is 0 Å². The molecular weight excluding hydrogens is 557 g/mol. The number of thiophene rings is 1. The molecule has 0 radical (unpaired) electrons. The lowest BCUT2D eigenvalue weighted by Gasteiger charge is -1.98. The summed E-state index contributed by atoms with van der Waals surface area (Å²) >= 11 is 16.7. The highest BCUT2D eigenvalue weighted by Gasteiger charge is 2.26. The molecule has 1 aromatic carbocycles. The van der Waals surface area contributed by atoms with Crippen LogP contribution in [-0.4, -0.2) is 35.0 Å². The average molecular weight is 573 g/mol. The molecule has 0 unspecified atom stereocenters. The van der Waals surface area contributed by atoms with Crippen LogP contribution in [0.4, 0.5) is 0 Å². The topological polar surface area (TPSA) is 25.8 Å². The first-order valence-electron chi connectivity index (χ1n) is 8.96. The van der Waals surface area contributed by atoms with Crippen molar-refractivity contribution in [3.05, 3.63) is 50.3 Å². The highest BCUT2D eigenvalue weighted by Crippen LogP contribution is 2.58. The third-order valence-corrected chi connectivity index (χ3v) is 16.6. The molecule has 31 heavy (non-hydrogen) atoms. The molecule has 0 bridgehead atoms. The number of fused-ring (bicyclic) bond motifs is 2. The van der Waals surface area contributed by atoms with E-state index in [1.54, 1.807) is 0 Å². The van der Waals surface area contributed by atoms with Gasteiger partial charge in [-0.05, 0) is 37.2 Å². The molecule has 0 spiro atoms. The number of hydrogen-bond acceptors (Lipinski definition) is 11. The molecule has 0 saturated heterocycles. The van der Waals surface area contributed by atoms with Crippen molar-refractivity contribution >= 4 is 136 Å². The predicted molar refractivity (Wildman–Crippen MR) is 159 cm³/mol. The first-order valence-corrected chi connectivity index (χ1v) is 17.9. The van der Waals surface area contributed by atoms with E-state index in [0.29, 0.717) is 0 Å². The van der Waals surface area contributed by atoms with Gasteiger partial charge in [-0.3, -0.25) is 0 Å². The molecule has 2 aliphatic heterocycles. The van der Waals surface area contributed by atoms with Crippen molar-refractivity contribution in [3.8, 4) is 0 Å². The molecule has 11 heteroatoms. The first kappa shape index (κ1) is 23.3. The summed E-state index contributed by atoms with van der Waals surface area (Å²) in [4.78, 5) is 10.2. The minimum atomic E-state index is 0.960. The van der Waals surface area contributed by atoms with E-state index < -0.39 is 0 Å². The summed E-state index contributed by atoms with van der Waals surface area (Å²) in [5.74, 6) is 0. The van der Waals surface area contributed by atoms with Gasteiger partial charge in [0.05, 0.1) is 45.5 Å². The minimum Gasteiger partial charge on any atom is -0.243 e. The smallest absolute Gasteiger partial charge is 0.110 e. The molecular formula is C20H16N2S9. The van der Waals surface area contributed by atoms with Gasteiger partial charge in [0.2, 0.25) is 0 Å². The van der Waals surface area contributed by atoms with Crippen molar-refractivity contribution < 1.29 is 0 Å². The van der Waals surface area contributed by atoms with Gasteiger partial charge < -0.3 is 0 Å². The van der Waals surface area contributed by atoms with Gasteiger partial charge in [-0.1, -0.05) is 59.2 Å². The summed E-state index contributed by atoms with van der Waals surface area (Å²) in [5, 5.41) is 0. The summed E-state index contributed by atoms with van der Waals surface area (Å²) in [7, 11) is 0. The SMILES string of the molecule is CSC1=C(SC)SC(=c2sc(=C3SC(SC)=C(SC)S3)c3nc4ccccc4nc23)S1. The maximum atomic E-state index is 5.11. The third kappa shape index (κ3) is 4.36. The van der Waals surface area contributed by atoms with E-state index in [0.717, 1.165) is 22.1 Å². The highest BCUT2D eigenvalue weighted by atomic mass is 32.3. The quantitative estimate of drug-likeness (QED) is 0.310. The Balaban J connectivity index is 1.80. The molecule has 0 fully saturated rings. The molecule has 2 aromatic heterocycles. The molecule has 0 amide bonds. The van der Waals surface area contributed by atoms with Crippen molar-refractivity contribution in [2.75, 3.05) is 25.0 Å². The summed E-state index contributed by atoms with van der Waals surface area (Å²) in [6.07, 6.45) is 8.65. The van der Waals surface area contributed by atoms with E-state index in [4.69, 9.17) is 9.97 Å². The normalized spacial score (nSPS) is 17.3. The molecule has 4 heterocycles. The number of rotatable bonds is 4. The van der Waals surface area contributed by atoms with E-state index in [-0.39, 0.29) is 0 Å². The van der Waals surface area contributed by atoms with Crippen molar-refractivity contribution in [2.45, 2.75) is 0 Å². The second-order valence-corrected chi connectivity index (χ2v) is 16.0. The number of thioether (sulfide) groups is 8. The molecule has 0 aliphatic carbocycles. The Kier molecular flexibility index (Phi) is 7.54. The Bertz CT molecular complexity index is 1250. The summed E-state index contributed by atoms with van der Waals surface area (Å²) in [6, 6.07) is 8.20. The molecule has 2 nitrogen and oxygen atoms in total. The molecule has 0 saturated carbocycles. The van der Waals surface area contributed by atoms with Crippen LogP contribution >= 0.6 is 105 Å². The lowest BCUT2D eigenvalue weighted by atomic mass is 10.3. The zero-order chi connectivity index (χ0) is 21.5. The highest BCUT2D eigenvalue weighted by molar-refractivity contribution is 8.46. The summed E-state index contributed by atoms with van der Waals surface area (Å²) in [6.45, 7) is 0. The van der Waals surface area contributed by atoms with E-state index in [1.165, 1.54) is 34.5 Å². The third-order valence-electron chi connectivity index (χ3n) is 4.39. The van der Waals surface area contributed by atoms with Gasteiger partial charge in [0.1, 0.15) is 11.0 Å². The van der Waals surface area contributed by atoms with E-state index in [9.17, 15) is 0 Å². The molecule has 0 atom stereocenters. The Labute approximate surface area is 219 Å². The van der Waals surface area contributed by atoms with Gasteiger partial charge in [0.25, 0.3) is 0 Å². The number of nitrogens with zero attached hydrogens (tertiary/aromatic N) is 2. The fourth-order valence-electron chi connectivity index (χ4n) is 3.02. The fraction of sp³-hybridized carbons (Fsp3) is 0.200. The molecule has 2 aliphatic rings. The largest absolute Gasteiger partial charge is 0.243 e. The van der Waals surface area contributed by atoms with Crippen LogP contribution in [0.2, 0.25) is 0 Å². The lowest BCUT2D eigenvalue weighted by Crippen LogP contribution is -1.99. The van der Waals surface area contributed by atoms with Gasteiger partial charge in [-0.2, -0.15) is 0 Å². The van der Waals surface area contributed by atoms with Crippen LogP contribution in [0.15, 0.2) is 41.2 Å². The van der Waals surface area contributed by atoms with Crippen molar-refractivity contribution in [2.24, 2.45) is 0 Å². The van der Waals surface area contributed by atoms with Crippen molar-refractivity contribution in [1.82, 2.24) is 9.97 Å². The van der Waals surface area contributed by atoms with Crippen LogP contribution in [0.1, 0.15) is 0 Å². The Morgan fingerprint density at radius 2 is 0.935 bits per heavy atom. The molecule has 160 valence electrons. The standard InChI is InChI=1S/C20H16N2S9/c1-23-17-18(24-2)29-15(28-17)13-11-12(22-10-8-6-5-7-9(10)21-11)14(27-13)16-30-19(25-3)20(26-4)31-16/h5-8H,1-4H3. The first-order chi connectivity index (χ1) is 15.2. The van der Waals surface area contributed by atoms with Crippen LogP contribution in [0.3, 0.4) is 0 Å². The van der Waals surface area contributed by atoms with Gasteiger partial charge >= 0.3 is 0 Å². The minimum absolute atomic E-state index is 0.960. The van der Waals surface area contributed by atoms with Crippen LogP contribution in [0.25, 0.3) is 30.5 Å². The van der Waals surface area contributed by atoms with Crippen molar-refractivity contribution in [3.63, 3.8) is 0 Å². The molecule has 5 rings (SSSR count). The Morgan fingerprint density at radius 3 is 1.26 bits per heavy atom. The monoisotopic (exact) mass is 572 g/mol. The number of aromatic nitrogens is 2. The fourth-order valence-corrected chi connectivity index (χ4v) is 14.6. The average Bonchev–Trinajstić information content (AvgIpc) is 3.51. The van der Waals surface area contributed by atoms with E-state index in [1.807, 2.05) is 118 Å². The van der Waals surface area contributed by atoms with Gasteiger partial charge in [-0.15, -0.1) is 58.4 Å². The number of para-hydroxylation sites is 2. The Morgan fingerprint density at radius 1 is 0.581 bits per heavy atom. The van der Waals surface area contributed by atoms with Crippen molar-refractivity contribution in [1.29, 1.82) is 0 Å². The number of hydrogen-bond donors (Lipinski definition) is 0. The molecule has 3 aromatic rings. The van der Waals surface area contributed by atoms with Crippen LogP contribution < -0.4 is 9.06 Å². The number of benzene rings is 1. The van der Waals surface area contributed by atoms with Gasteiger partial charge in [-0.25, -0.2) is 9.97 Å². The lowest BCUT2D eigenvalue weighted by molar-refractivity contribution is 1.40. The predicted octanol–water partition coefficient (Wildman–Crippen LogP) is 7.64. The maximum Gasteiger partial charge on any atom is 0.110 e. The molecule has 0 N–H and O–H groups in total. The zero-order valence-corrected chi connectivity index (χ0v) is 24.2. The zero-order valence-electron chi connectivity index (χ0n) is 16.9. The van der Waals surface area contributed by atoms with E-state index in [2.05, 4.69) is 37.2 Å². The van der Waals surface area contributed by atoms with Crippen LogP contribution in [0.5, 0.6) is 0 Å². The van der Waals surface area contributed by atoms with Gasteiger partial charge in [0, 0.05) is 0 Å². The second-order valence-electron chi connectivity index (χ2n) is 6.12. The van der Waals surface area contributed by atoms with E-state index >= 15 is 0 Å². The van der Waals surface area contributed by atoms with Crippen LogP contribution in [0, 0.1) is 0 Å².